The molecule has 2 N–H and O–H groups in total. The van der Waals surface area contributed by atoms with Crippen LogP contribution < -0.4 is 0 Å². The van der Waals surface area contributed by atoms with Gasteiger partial charge in [-0.25, -0.2) is 0 Å². The molecule has 0 heterocycles. The van der Waals surface area contributed by atoms with E-state index < -0.39 is 5.60 Å². The summed E-state index contributed by atoms with van der Waals surface area (Å²) in [5.74, 6) is 0.189. The van der Waals surface area contributed by atoms with Crippen molar-refractivity contribution in [1.82, 2.24) is 0 Å². The SMILES string of the molecule is CC1=C2C[C@H](C(C)(C)O)C[C@H](O)[C@@]2(C)CCC1. The van der Waals surface area contributed by atoms with Crippen molar-refractivity contribution in [3.63, 3.8) is 0 Å². The van der Waals surface area contributed by atoms with Crippen LogP contribution in [0.2, 0.25) is 0 Å². The van der Waals surface area contributed by atoms with Gasteiger partial charge in [-0.2, -0.15) is 0 Å². The molecule has 2 aliphatic rings. The first kappa shape index (κ1) is 13.1. The first-order valence-electron chi connectivity index (χ1n) is 6.84. The maximum atomic E-state index is 10.5. The molecule has 17 heavy (non-hydrogen) atoms. The third-order valence-electron chi connectivity index (χ3n) is 5.15. The lowest BCUT2D eigenvalue weighted by atomic mass is 9.58. The second kappa shape index (κ2) is 4.10. The maximum Gasteiger partial charge on any atom is 0.0634 e. The quantitative estimate of drug-likeness (QED) is 0.689. The van der Waals surface area contributed by atoms with Crippen molar-refractivity contribution in [2.45, 2.75) is 71.5 Å². The molecule has 0 aromatic heterocycles. The van der Waals surface area contributed by atoms with Crippen molar-refractivity contribution < 1.29 is 10.2 Å². The number of aliphatic hydroxyl groups excluding tert-OH is 1. The van der Waals surface area contributed by atoms with Crippen molar-refractivity contribution in [3.8, 4) is 0 Å². The molecule has 0 bridgehead atoms. The van der Waals surface area contributed by atoms with Crippen LogP contribution in [-0.4, -0.2) is 21.9 Å². The van der Waals surface area contributed by atoms with Gasteiger partial charge in [0.25, 0.3) is 0 Å². The Morgan fingerprint density at radius 2 is 2.00 bits per heavy atom. The Morgan fingerprint density at radius 1 is 1.35 bits per heavy atom. The summed E-state index contributed by atoms with van der Waals surface area (Å²) in [6.07, 6.45) is 4.85. The molecule has 0 spiro atoms. The largest absolute Gasteiger partial charge is 0.392 e. The molecule has 3 atom stereocenters. The van der Waals surface area contributed by atoms with Gasteiger partial charge in [0, 0.05) is 5.41 Å². The monoisotopic (exact) mass is 238 g/mol. The van der Waals surface area contributed by atoms with Crippen molar-refractivity contribution >= 4 is 0 Å². The van der Waals surface area contributed by atoms with E-state index in [2.05, 4.69) is 13.8 Å². The lowest BCUT2D eigenvalue weighted by Gasteiger charge is -2.49. The Hall–Kier alpha value is -0.340. The molecule has 0 radical (unpaired) electrons. The summed E-state index contributed by atoms with van der Waals surface area (Å²) in [6, 6.07) is 0. The van der Waals surface area contributed by atoms with Crippen molar-refractivity contribution in [3.05, 3.63) is 11.1 Å². The van der Waals surface area contributed by atoms with Crippen LogP contribution in [0, 0.1) is 11.3 Å². The molecule has 2 aliphatic carbocycles. The number of hydrogen-bond acceptors (Lipinski definition) is 2. The number of fused-ring (bicyclic) bond motifs is 1. The standard InChI is InChI=1S/C15H26O2/c1-10-6-5-7-15(4)12(10)8-11(9-13(15)16)14(2,3)17/h11,13,16-17H,5-9H2,1-4H3/t11-,13-,15-/m0/s1. The van der Waals surface area contributed by atoms with E-state index in [-0.39, 0.29) is 17.4 Å². The predicted octanol–water partition coefficient (Wildman–Crippen LogP) is 3.03. The van der Waals surface area contributed by atoms with Crippen molar-refractivity contribution in [2.24, 2.45) is 11.3 Å². The van der Waals surface area contributed by atoms with Gasteiger partial charge in [-0.15, -0.1) is 0 Å². The molecule has 98 valence electrons. The van der Waals surface area contributed by atoms with Gasteiger partial charge >= 0.3 is 0 Å². The summed E-state index contributed by atoms with van der Waals surface area (Å²) in [4.78, 5) is 0. The van der Waals surface area contributed by atoms with E-state index in [9.17, 15) is 10.2 Å². The topological polar surface area (TPSA) is 40.5 Å². The average Bonchev–Trinajstić information content (AvgIpc) is 2.19. The van der Waals surface area contributed by atoms with Gasteiger partial charge < -0.3 is 10.2 Å². The van der Waals surface area contributed by atoms with Gasteiger partial charge in [0.2, 0.25) is 0 Å². The molecule has 0 saturated heterocycles. The first-order valence-corrected chi connectivity index (χ1v) is 6.84. The molecule has 0 aromatic rings. The summed E-state index contributed by atoms with van der Waals surface area (Å²) >= 11 is 0. The highest BCUT2D eigenvalue weighted by molar-refractivity contribution is 5.28. The Kier molecular flexibility index (Phi) is 3.16. The zero-order chi connectivity index (χ0) is 12.8. The van der Waals surface area contributed by atoms with Gasteiger partial charge in [-0.05, 0) is 58.8 Å². The molecule has 1 fully saturated rings. The number of hydrogen-bond donors (Lipinski definition) is 2. The Labute approximate surface area is 105 Å². The fourth-order valence-corrected chi connectivity index (χ4v) is 3.68. The summed E-state index contributed by atoms with van der Waals surface area (Å²) in [5.41, 5.74) is 2.17. The molecular weight excluding hydrogens is 212 g/mol. The van der Waals surface area contributed by atoms with E-state index in [1.54, 1.807) is 0 Å². The summed E-state index contributed by atoms with van der Waals surface area (Å²) in [5, 5.41) is 20.7. The van der Waals surface area contributed by atoms with Crippen LogP contribution in [0.4, 0.5) is 0 Å². The third kappa shape index (κ3) is 2.17. The molecule has 0 aromatic carbocycles. The number of aliphatic hydroxyl groups is 2. The lowest BCUT2D eigenvalue weighted by Crippen LogP contribution is -2.47. The molecule has 2 nitrogen and oxygen atoms in total. The first-order chi connectivity index (χ1) is 7.75. The number of rotatable bonds is 1. The van der Waals surface area contributed by atoms with Crippen molar-refractivity contribution in [1.29, 1.82) is 0 Å². The van der Waals surface area contributed by atoms with E-state index in [1.165, 1.54) is 17.6 Å². The molecule has 2 rings (SSSR count). The van der Waals surface area contributed by atoms with Crippen LogP contribution in [0.5, 0.6) is 0 Å². The highest BCUT2D eigenvalue weighted by atomic mass is 16.3. The van der Waals surface area contributed by atoms with Gasteiger partial charge in [-0.3, -0.25) is 0 Å². The fraction of sp³-hybridized carbons (Fsp3) is 0.867. The van der Waals surface area contributed by atoms with Crippen LogP contribution in [0.15, 0.2) is 11.1 Å². The van der Waals surface area contributed by atoms with Crippen LogP contribution >= 0.6 is 0 Å². The van der Waals surface area contributed by atoms with E-state index in [4.69, 9.17) is 0 Å². The Bertz CT molecular complexity index is 337. The van der Waals surface area contributed by atoms with Crippen LogP contribution in [0.1, 0.15) is 59.8 Å². The highest BCUT2D eigenvalue weighted by Crippen LogP contribution is 2.52. The smallest absolute Gasteiger partial charge is 0.0634 e. The van der Waals surface area contributed by atoms with Gasteiger partial charge in [0.1, 0.15) is 0 Å². The fourth-order valence-electron chi connectivity index (χ4n) is 3.68. The Morgan fingerprint density at radius 3 is 2.59 bits per heavy atom. The lowest BCUT2D eigenvalue weighted by molar-refractivity contribution is -0.0581. The summed E-state index contributed by atoms with van der Waals surface area (Å²) in [7, 11) is 0. The molecule has 0 aliphatic heterocycles. The second-order valence-electron chi connectivity index (χ2n) is 6.84. The minimum Gasteiger partial charge on any atom is -0.392 e. The third-order valence-corrected chi connectivity index (χ3v) is 5.15. The minimum atomic E-state index is -0.687. The molecule has 2 heteroatoms. The molecular formula is C15H26O2. The second-order valence-corrected chi connectivity index (χ2v) is 6.84. The molecule has 1 saturated carbocycles. The van der Waals surface area contributed by atoms with Gasteiger partial charge in [0.05, 0.1) is 11.7 Å². The van der Waals surface area contributed by atoms with Crippen LogP contribution in [0.3, 0.4) is 0 Å². The zero-order valence-corrected chi connectivity index (χ0v) is 11.6. The highest BCUT2D eigenvalue weighted by Gasteiger charge is 2.47. The number of allylic oxidation sites excluding steroid dienone is 1. The van der Waals surface area contributed by atoms with Crippen LogP contribution in [0.25, 0.3) is 0 Å². The van der Waals surface area contributed by atoms with E-state index in [1.807, 2.05) is 13.8 Å². The summed E-state index contributed by atoms with van der Waals surface area (Å²) < 4.78 is 0. The van der Waals surface area contributed by atoms with E-state index in [0.717, 1.165) is 25.7 Å². The Balaban J connectivity index is 2.34. The normalized spacial score (nSPS) is 39.2. The zero-order valence-electron chi connectivity index (χ0n) is 11.6. The van der Waals surface area contributed by atoms with Gasteiger partial charge in [0.15, 0.2) is 0 Å². The molecule has 0 amide bonds. The minimum absolute atomic E-state index is 0.0237. The maximum absolute atomic E-state index is 10.5. The van der Waals surface area contributed by atoms with Crippen molar-refractivity contribution in [2.75, 3.05) is 0 Å². The molecule has 0 unspecified atom stereocenters. The van der Waals surface area contributed by atoms with Gasteiger partial charge in [-0.1, -0.05) is 18.1 Å². The predicted molar refractivity (Wildman–Crippen MR) is 69.7 cm³/mol. The average molecular weight is 238 g/mol. The van der Waals surface area contributed by atoms with Crippen LogP contribution in [-0.2, 0) is 0 Å². The van der Waals surface area contributed by atoms with E-state index >= 15 is 0 Å². The van der Waals surface area contributed by atoms with E-state index in [0.29, 0.717) is 0 Å². The summed E-state index contributed by atoms with van der Waals surface area (Å²) in [6.45, 7) is 8.14.